The quantitative estimate of drug-likeness (QED) is 0.828. The molecule has 2 aromatic rings. The fraction of sp³-hybridized carbons (Fsp3) is 0.556. The van der Waals surface area contributed by atoms with Gasteiger partial charge in [-0.15, -0.1) is 0 Å². The number of hydrogen-bond donors (Lipinski definition) is 2. The Bertz CT molecular complexity index is 614. The van der Waals surface area contributed by atoms with E-state index in [2.05, 4.69) is 69.4 Å². The van der Waals surface area contributed by atoms with Gasteiger partial charge in [0, 0.05) is 53.8 Å². The summed E-state index contributed by atoms with van der Waals surface area (Å²) in [7, 11) is 0. The highest BCUT2D eigenvalue weighted by atomic mass is 79.9. The lowest BCUT2D eigenvalue weighted by molar-refractivity contribution is 0.161. The second kappa shape index (κ2) is 7.16. The highest BCUT2D eigenvalue weighted by Gasteiger charge is 2.24. The molecule has 3 rings (SSSR count). The molecule has 2 N–H and O–H groups in total. The minimum absolute atomic E-state index is 0.521. The van der Waals surface area contributed by atoms with Crippen molar-refractivity contribution in [3.8, 4) is 0 Å². The van der Waals surface area contributed by atoms with Crippen LogP contribution in [0.15, 0.2) is 28.9 Å². The molecule has 0 amide bonds. The number of hydrogen-bond acceptors (Lipinski definition) is 2. The first kappa shape index (κ1) is 16.0. The second-order valence-corrected chi connectivity index (χ2v) is 7.62. The number of nitrogens with zero attached hydrogens (tertiary/aromatic N) is 1. The molecule has 0 unspecified atom stereocenters. The minimum atomic E-state index is 0.521. The lowest BCUT2D eigenvalue weighted by Gasteiger charge is -2.35. The fourth-order valence-corrected chi connectivity index (χ4v) is 3.77. The molecule has 1 atom stereocenters. The molecule has 22 heavy (non-hydrogen) atoms. The summed E-state index contributed by atoms with van der Waals surface area (Å²) in [6.45, 7) is 9.13. The topological polar surface area (TPSA) is 31.1 Å². The van der Waals surface area contributed by atoms with Crippen molar-refractivity contribution in [3.63, 3.8) is 0 Å². The minimum Gasteiger partial charge on any atom is -0.361 e. The van der Waals surface area contributed by atoms with Gasteiger partial charge in [0.15, 0.2) is 0 Å². The molecular weight excluding hydrogens is 338 g/mol. The molecule has 2 heterocycles. The fourth-order valence-electron chi connectivity index (χ4n) is 3.41. The number of aromatic nitrogens is 1. The molecule has 0 bridgehead atoms. The summed E-state index contributed by atoms with van der Waals surface area (Å²) in [5.41, 5.74) is 2.70. The molecule has 1 aromatic carbocycles. The summed E-state index contributed by atoms with van der Waals surface area (Å²) in [6, 6.07) is 7.05. The van der Waals surface area contributed by atoms with E-state index in [1.54, 1.807) is 0 Å². The molecule has 1 aliphatic heterocycles. The van der Waals surface area contributed by atoms with E-state index >= 15 is 0 Å². The number of H-pyrrole nitrogens is 1. The molecule has 0 saturated carbocycles. The van der Waals surface area contributed by atoms with E-state index in [4.69, 9.17) is 0 Å². The smallest absolute Gasteiger partial charge is 0.0458 e. The number of rotatable bonds is 5. The van der Waals surface area contributed by atoms with Gasteiger partial charge in [0.1, 0.15) is 0 Å². The maximum absolute atomic E-state index is 3.62. The third-order valence-corrected chi connectivity index (χ3v) is 5.14. The molecule has 0 radical (unpaired) electrons. The van der Waals surface area contributed by atoms with Crippen LogP contribution in [0.4, 0.5) is 0 Å². The first-order chi connectivity index (χ1) is 10.6. The maximum atomic E-state index is 3.62. The van der Waals surface area contributed by atoms with Gasteiger partial charge in [0.2, 0.25) is 0 Å². The van der Waals surface area contributed by atoms with Gasteiger partial charge in [-0.25, -0.2) is 0 Å². The van der Waals surface area contributed by atoms with E-state index in [1.165, 1.54) is 29.3 Å². The van der Waals surface area contributed by atoms with Gasteiger partial charge in [-0.2, -0.15) is 0 Å². The van der Waals surface area contributed by atoms with E-state index in [9.17, 15) is 0 Å². The predicted molar refractivity (Wildman–Crippen MR) is 97.3 cm³/mol. The van der Waals surface area contributed by atoms with Crippen LogP contribution in [0.3, 0.4) is 0 Å². The molecule has 4 heteroatoms. The number of halogens is 1. The van der Waals surface area contributed by atoms with Crippen LogP contribution in [0.25, 0.3) is 10.9 Å². The Hall–Kier alpha value is -0.840. The Morgan fingerprint density at radius 1 is 1.18 bits per heavy atom. The van der Waals surface area contributed by atoms with Crippen molar-refractivity contribution < 1.29 is 0 Å². The van der Waals surface area contributed by atoms with Crippen molar-refractivity contribution >= 4 is 26.8 Å². The third kappa shape index (κ3) is 3.55. The van der Waals surface area contributed by atoms with E-state index in [-0.39, 0.29) is 0 Å². The van der Waals surface area contributed by atoms with Crippen molar-refractivity contribution in [1.82, 2.24) is 15.2 Å². The van der Waals surface area contributed by atoms with Gasteiger partial charge >= 0.3 is 0 Å². The summed E-state index contributed by atoms with van der Waals surface area (Å²) in [5, 5.41) is 4.83. The van der Waals surface area contributed by atoms with E-state index < -0.39 is 0 Å². The number of fused-ring (bicyclic) bond motifs is 1. The number of nitrogens with one attached hydrogen (secondary N) is 2. The Morgan fingerprint density at radius 2 is 1.95 bits per heavy atom. The van der Waals surface area contributed by atoms with Crippen molar-refractivity contribution in [1.29, 1.82) is 0 Å². The van der Waals surface area contributed by atoms with Gasteiger partial charge in [0.25, 0.3) is 0 Å². The van der Waals surface area contributed by atoms with Crippen molar-refractivity contribution in [2.75, 3.05) is 26.2 Å². The lowest BCUT2D eigenvalue weighted by Crippen LogP contribution is -2.45. The third-order valence-electron chi connectivity index (χ3n) is 4.64. The average molecular weight is 364 g/mol. The van der Waals surface area contributed by atoms with Crippen LogP contribution < -0.4 is 5.32 Å². The molecule has 1 aromatic heterocycles. The standard InChI is InChI=1S/C18H26BrN3/c1-13(2)3-6-18(22-9-7-20-8-10-22)16-12-21-17-5-4-14(19)11-15(16)17/h4-5,11-13,18,20-21H,3,6-10H2,1-2H3/t18-/m0/s1. The highest BCUT2D eigenvalue weighted by Crippen LogP contribution is 2.34. The van der Waals surface area contributed by atoms with Crippen LogP contribution in [-0.2, 0) is 0 Å². The molecule has 120 valence electrons. The van der Waals surface area contributed by atoms with Crippen LogP contribution in [-0.4, -0.2) is 36.1 Å². The summed E-state index contributed by atoms with van der Waals surface area (Å²) >= 11 is 3.62. The van der Waals surface area contributed by atoms with Crippen molar-refractivity contribution in [3.05, 3.63) is 34.4 Å². The monoisotopic (exact) mass is 363 g/mol. The van der Waals surface area contributed by atoms with Crippen LogP contribution >= 0.6 is 15.9 Å². The Morgan fingerprint density at radius 3 is 2.68 bits per heavy atom. The lowest BCUT2D eigenvalue weighted by atomic mass is 9.95. The summed E-state index contributed by atoms with van der Waals surface area (Å²) in [4.78, 5) is 6.11. The summed E-state index contributed by atoms with van der Waals surface area (Å²) in [6.07, 6.45) is 4.73. The van der Waals surface area contributed by atoms with Crippen LogP contribution in [0.2, 0.25) is 0 Å². The second-order valence-electron chi connectivity index (χ2n) is 6.71. The Labute approximate surface area is 141 Å². The molecule has 1 aliphatic rings. The maximum Gasteiger partial charge on any atom is 0.0458 e. The Kier molecular flexibility index (Phi) is 5.21. The first-order valence-corrected chi connectivity index (χ1v) is 9.15. The highest BCUT2D eigenvalue weighted by molar-refractivity contribution is 9.10. The van der Waals surface area contributed by atoms with Gasteiger partial charge < -0.3 is 10.3 Å². The molecule has 0 aliphatic carbocycles. The summed E-state index contributed by atoms with van der Waals surface area (Å²) in [5.74, 6) is 0.752. The van der Waals surface area contributed by atoms with E-state index in [0.29, 0.717) is 6.04 Å². The largest absolute Gasteiger partial charge is 0.361 e. The van der Waals surface area contributed by atoms with Crippen LogP contribution in [0.1, 0.15) is 38.3 Å². The van der Waals surface area contributed by atoms with Crippen LogP contribution in [0.5, 0.6) is 0 Å². The van der Waals surface area contributed by atoms with E-state index in [1.807, 2.05) is 0 Å². The Balaban J connectivity index is 1.93. The van der Waals surface area contributed by atoms with Gasteiger partial charge in [0.05, 0.1) is 0 Å². The number of aromatic amines is 1. The summed E-state index contributed by atoms with van der Waals surface area (Å²) < 4.78 is 1.16. The van der Waals surface area contributed by atoms with Gasteiger partial charge in [-0.3, -0.25) is 4.90 Å². The van der Waals surface area contributed by atoms with Gasteiger partial charge in [-0.05, 0) is 42.5 Å². The van der Waals surface area contributed by atoms with Crippen LogP contribution in [0, 0.1) is 5.92 Å². The molecule has 3 nitrogen and oxygen atoms in total. The molecular formula is C18H26BrN3. The number of piperazine rings is 1. The van der Waals surface area contributed by atoms with E-state index in [0.717, 1.165) is 36.6 Å². The molecule has 1 fully saturated rings. The van der Waals surface area contributed by atoms with Crippen molar-refractivity contribution in [2.45, 2.75) is 32.7 Å². The zero-order valence-electron chi connectivity index (χ0n) is 13.5. The predicted octanol–water partition coefficient (Wildman–Crippen LogP) is 4.31. The SMILES string of the molecule is CC(C)CC[C@@H](c1c[nH]c2ccc(Br)cc12)N1CCNCC1. The normalized spacial score (nSPS) is 18.2. The van der Waals surface area contributed by atoms with Crippen molar-refractivity contribution in [2.24, 2.45) is 5.92 Å². The first-order valence-electron chi connectivity index (χ1n) is 8.36. The zero-order chi connectivity index (χ0) is 15.5. The molecule has 1 saturated heterocycles. The average Bonchev–Trinajstić information content (AvgIpc) is 2.91. The van der Waals surface area contributed by atoms with Gasteiger partial charge in [-0.1, -0.05) is 29.8 Å². The number of benzene rings is 1. The zero-order valence-corrected chi connectivity index (χ0v) is 15.1. The molecule has 0 spiro atoms.